The highest BCUT2D eigenvalue weighted by Crippen LogP contribution is 2.25. The normalized spacial score (nSPS) is 14.8. The number of para-hydroxylation sites is 1. The lowest BCUT2D eigenvalue weighted by molar-refractivity contribution is 0.380. The molecule has 0 spiro atoms. The third-order valence-electron chi connectivity index (χ3n) is 4.52. The van der Waals surface area contributed by atoms with E-state index in [0.29, 0.717) is 6.54 Å². The molecule has 0 saturated carbocycles. The van der Waals surface area contributed by atoms with Crippen LogP contribution < -0.4 is 10.2 Å². The predicted octanol–water partition coefficient (Wildman–Crippen LogP) is 3.03. The number of pyridine rings is 1. The third-order valence-corrected chi connectivity index (χ3v) is 4.93. The van der Waals surface area contributed by atoms with E-state index in [1.165, 1.54) is 16.5 Å². The number of hydrogen-bond acceptors (Lipinski definition) is 3. The summed E-state index contributed by atoms with van der Waals surface area (Å²) >= 11 is 5.43. The minimum absolute atomic E-state index is 0.712. The topological polar surface area (TPSA) is 31.4 Å². The first-order valence-corrected chi connectivity index (χ1v) is 8.76. The van der Waals surface area contributed by atoms with Crippen molar-refractivity contribution in [1.82, 2.24) is 15.2 Å². The summed E-state index contributed by atoms with van der Waals surface area (Å²) < 4.78 is 0. The SMILES string of the molecule is C=CCNC(=S)N1CCN(c2cc(C)c3cccc(C)c3n2)CC1. The number of thiocarbonyl (C=S) groups is 1. The fourth-order valence-corrected chi connectivity index (χ4v) is 3.38. The molecule has 1 aromatic carbocycles. The number of nitrogens with one attached hydrogen (secondary N) is 1. The van der Waals surface area contributed by atoms with Crippen LogP contribution in [0.5, 0.6) is 0 Å². The molecule has 1 aliphatic heterocycles. The van der Waals surface area contributed by atoms with Crippen molar-refractivity contribution in [3.8, 4) is 0 Å². The number of aromatic nitrogens is 1. The highest BCUT2D eigenvalue weighted by atomic mass is 32.1. The van der Waals surface area contributed by atoms with Crippen LogP contribution in [0.2, 0.25) is 0 Å². The molecule has 5 heteroatoms. The van der Waals surface area contributed by atoms with Crippen LogP contribution in [0.4, 0.5) is 5.82 Å². The van der Waals surface area contributed by atoms with Crippen LogP contribution in [0.15, 0.2) is 36.9 Å². The van der Waals surface area contributed by atoms with E-state index in [9.17, 15) is 0 Å². The molecule has 24 heavy (non-hydrogen) atoms. The largest absolute Gasteiger partial charge is 0.359 e. The average molecular weight is 340 g/mol. The summed E-state index contributed by atoms with van der Waals surface area (Å²) in [5.41, 5.74) is 3.62. The Balaban J connectivity index is 1.75. The molecule has 126 valence electrons. The lowest BCUT2D eigenvalue weighted by Gasteiger charge is -2.37. The summed E-state index contributed by atoms with van der Waals surface area (Å²) in [6, 6.07) is 8.57. The molecule has 0 amide bonds. The van der Waals surface area contributed by atoms with Gasteiger partial charge in [-0.25, -0.2) is 4.98 Å². The molecule has 1 N–H and O–H groups in total. The smallest absolute Gasteiger partial charge is 0.169 e. The standard InChI is InChI=1S/C19H24N4S/c1-4-8-20-19(24)23-11-9-22(10-12-23)17-13-15(3)16-7-5-6-14(2)18(16)21-17/h4-7,13H,1,8-12H2,2-3H3,(H,20,24). The zero-order chi connectivity index (χ0) is 17.1. The lowest BCUT2D eigenvalue weighted by Crippen LogP contribution is -2.52. The Bertz CT molecular complexity index is 763. The molecule has 0 aliphatic carbocycles. The van der Waals surface area contributed by atoms with Gasteiger partial charge < -0.3 is 15.1 Å². The number of nitrogens with zero attached hydrogens (tertiary/aromatic N) is 3. The van der Waals surface area contributed by atoms with Crippen molar-refractivity contribution in [2.45, 2.75) is 13.8 Å². The Kier molecular flexibility index (Phi) is 5.00. The van der Waals surface area contributed by atoms with E-state index in [0.717, 1.165) is 42.6 Å². The number of rotatable bonds is 3. The number of anilines is 1. The third kappa shape index (κ3) is 3.36. The van der Waals surface area contributed by atoms with Gasteiger partial charge in [-0.15, -0.1) is 6.58 Å². The highest BCUT2D eigenvalue weighted by molar-refractivity contribution is 7.80. The van der Waals surface area contributed by atoms with Gasteiger partial charge >= 0.3 is 0 Å². The van der Waals surface area contributed by atoms with Crippen molar-refractivity contribution in [2.24, 2.45) is 0 Å². The van der Waals surface area contributed by atoms with Crippen LogP contribution >= 0.6 is 12.2 Å². The van der Waals surface area contributed by atoms with Gasteiger partial charge in [-0.05, 0) is 43.3 Å². The van der Waals surface area contributed by atoms with E-state index in [4.69, 9.17) is 17.2 Å². The summed E-state index contributed by atoms with van der Waals surface area (Å²) in [7, 11) is 0. The minimum Gasteiger partial charge on any atom is -0.359 e. The van der Waals surface area contributed by atoms with Gasteiger partial charge in [0.05, 0.1) is 5.52 Å². The van der Waals surface area contributed by atoms with E-state index in [1.54, 1.807) is 0 Å². The Morgan fingerprint density at radius 3 is 2.71 bits per heavy atom. The van der Waals surface area contributed by atoms with Gasteiger partial charge in [0.2, 0.25) is 0 Å². The second-order valence-electron chi connectivity index (χ2n) is 6.22. The van der Waals surface area contributed by atoms with Gasteiger partial charge in [-0.3, -0.25) is 0 Å². The van der Waals surface area contributed by atoms with E-state index >= 15 is 0 Å². The van der Waals surface area contributed by atoms with Crippen molar-refractivity contribution < 1.29 is 0 Å². The summed E-state index contributed by atoms with van der Waals surface area (Å²) in [4.78, 5) is 9.49. The Morgan fingerprint density at radius 2 is 2.00 bits per heavy atom. The average Bonchev–Trinajstić information content (AvgIpc) is 2.60. The molecule has 0 radical (unpaired) electrons. The Labute approximate surface area is 149 Å². The minimum atomic E-state index is 0.712. The van der Waals surface area contributed by atoms with Gasteiger partial charge in [0, 0.05) is 38.1 Å². The lowest BCUT2D eigenvalue weighted by atomic mass is 10.1. The summed E-state index contributed by atoms with van der Waals surface area (Å²) in [6.45, 7) is 12.4. The molecule has 1 saturated heterocycles. The summed E-state index contributed by atoms with van der Waals surface area (Å²) in [5.74, 6) is 1.07. The maximum atomic E-state index is 5.43. The van der Waals surface area contributed by atoms with Crippen molar-refractivity contribution in [2.75, 3.05) is 37.6 Å². The molecule has 1 aromatic heterocycles. The van der Waals surface area contributed by atoms with Crippen LogP contribution in [-0.2, 0) is 0 Å². The number of fused-ring (bicyclic) bond motifs is 1. The molecule has 3 rings (SSSR count). The quantitative estimate of drug-likeness (QED) is 0.686. The Hall–Kier alpha value is -2.14. The molecule has 2 aromatic rings. The van der Waals surface area contributed by atoms with Gasteiger partial charge in [0.1, 0.15) is 5.82 Å². The second-order valence-corrected chi connectivity index (χ2v) is 6.60. The maximum Gasteiger partial charge on any atom is 0.169 e. The van der Waals surface area contributed by atoms with Crippen molar-refractivity contribution in [1.29, 1.82) is 0 Å². The molecule has 1 fully saturated rings. The van der Waals surface area contributed by atoms with Crippen LogP contribution in [0.1, 0.15) is 11.1 Å². The van der Waals surface area contributed by atoms with E-state index in [1.807, 2.05) is 6.08 Å². The predicted molar refractivity (Wildman–Crippen MR) is 106 cm³/mol. The first-order chi connectivity index (χ1) is 11.6. The fourth-order valence-electron chi connectivity index (χ4n) is 3.12. The molecular formula is C19H24N4S. The fraction of sp³-hybridized carbons (Fsp3) is 0.368. The number of hydrogen-bond donors (Lipinski definition) is 1. The van der Waals surface area contributed by atoms with Crippen molar-refractivity contribution >= 4 is 34.1 Å². The van der Waals surface area contributed by atoms with Crippen LogP contribution in [-0.4, -0.2) is 47.7 Å². The zero-order valence-corrected chi connectivity index (χ0v) is 15.2. The monoisotopic (exact) mass is 340 g/mol. The van der Waals surface area contributed by atoms with Crippen LogP contribution in [0.3, 0.4) is 0 Å². The van der Waals surface area contributed by atoms with E-state index in [2.05, 4.69) is 59.8 Å². The summed E-state index contributed by atoms with van der Waals surface area (Å²) in [5, 5.41) is 5.26. The zero-order valence-electron chi connectivity index (χ0n) is 14.4. The van der Waals surface area contributed by atoms with E-state index in [-0.39, 0.29) is 0 Å². The molecule has 0 atom stereocenters. The number of aryl methyl sites for hydroxylation is 2. The number of piperazine rings is 1. The van der Waals surface area contributed by atoms with Crippen LogP contribution in [0.25, 0.3) is 10.9 Å². The molecular weight excluding hydrogens is 316 g/mol. The Morgan fingerprint density at radius 1 is 1.25 bits per heavy atom. The first kappa shape index (κ1) is 16.7. The van der Waals surface area contributed by atoms with Crippen molar-refractivity contribution in [3.05, 3.63) is 48.0 Å². The number of benzene rings is 1. The van der Waals surface area contributed by atoms with Gasteiger partial charge in [0.25, 0.3) is 0 Å². The van der Waals surface area contributed by atoms with Gasteiger partial charge in [0.15, 0.2) is 5.11 Å². The van der Waals surface area contributed by atoms with E-state index < -0.39 is 0 Å². The first-order valence-electron chi connectivity index (χ1n) is 8.35. The second kappa shape index (κ2) is 7.18. The summed E-state index contributed by atoms with van der Waals surface area (Å²) in [6.07, 6.45) is 1.83. The van der Waals surface area contributed by atoms with Gasteiger partial charge in [-0.1, -0.05) is 24.3 Å². The molecule has 0 bridgehead atoms. The molecule has 0 unspecified atom stereocenters. The molecule has 2 heterocycles. The van der Waals surface area contributed by atoms with Gasteiger partial charge in [-0.2, -0.15) is 0 Å². The molecule has 1 aliphatic rings. The maximum absolute atomic E-state index is 5.43. The highest BCUT2D eigenvalue weighted by Gasteiger charge is 2.20. The van der Waals surface area contributed by atoms with Crippen LogP contribution in [0, 0.1) is 13.8 Å². The van der Waals surface area contributed by atoms with Crippen molar-refractivity contribution in [3.63, 3.8) is 0 Å². The molecule has 4 nitrogen and oxygen atoms in total.